The van der Waals surface area contributed by atoms with Gasteiger partial charge < -0.3 is 29.4 Å². The topological polar surface area (TPSA) is 105 Å². The Bertz CT molecular complexity index is 667. The molecule has 8 nitrogen and oxygen atoms in total. The van der Waals surface area contributed by atoms with Crippen LogP contribution in [0.2, 0.25) is 5.02 Å². The third-order valence-corrected chi connectivity index (χ3v) is 4.82. The first-order chi connectivity index (χ1) is 13.0. The van der Waals surface area contributed by atoms with Crippen molar-refractivity contribution in [2.45, 2.75) is 26.4 Å². The first kappa shape index (κ1) is 33.7. The van der Waals surface area contributed by atoms with E-state index in [1.165, 1.54) is 0 Å². The third kappa shape index (κ3) is 15.4. The Balaban J connectivity index is 0. The van der Waals surface area contributed by atoms with Gasteiger partial charge in [-0.2, -0.15) is 0 Å². The fraction of sp³-hybridized carbons (Fsp3) is 0.556. The van der Waals surface area contributed by atoms with Crippen molar-refractivity contribution in [2.24, 2.45) is 0 Å². The maximum absolute atomic E-state index is 12.0. The van der Waals surface area contributed by atoms with Gasteiger partial charge in [-0.1, -0.05) is 11.6 Å². The normalized spacial score (nSPS) is 13.7. The van der Waals surface area contributed by atoms with Gasteiger partial charge in [0.05, 0.1) is 5.02 Å². The van der Waals surface area contributed by atoms with Crippen LogP contribution in [0.5, 0.6) is 5.75 Å². The minimum Gasteiger partial charge on any atom is -0.652 e. The monoisotopic (exact) mass is 556 g/mol. The van der Waals surface area contributed by atoms with Gasteiger partial charge in [0.15, 0.2) is 0 Å². The zero-order valence-electron chi connectivity index (χ0n) is 18.1. The van der Waals surface area contributed by atoms with Crippen molar-refractivity contribution >= 4 is 39.8 Å². The number of piperazine rings is 1. The molecule has 2 rings (SSSR count). The number of benzene rings is 1. The number of hydrogen-bond donors (Lipinski definition) is 0. The smallest absolute Gasteiger partial charge is 0.652 e. The molecular formula is C18H24BrClK2N2O6. The average molecular weight is 558 g/mol. The molecule has 0 N–H and O–H groups in total. The number of amides is 1. The van der Waals surface area contributed by atoms with E-state index in [2.05, 4.69) is 20.8 Å². The summed E-state index contributed by atoms with van der Waals surface area (Å²) in [5.74, 6) is 0.760. The summed E-state index contributed by atoms with van der Waals surface area (Å²) in [6.45, 7) is 10.1. The predicted molar refractivity (Wildman–Crippen MR) is 104 cm³/mol. The van der Waals surface area contributed by atoms with E-state index in [0.717, 1.165) is 29.9 Å². The van der Waals surface area contributed by atoms with Crippen LogP contribution in [0.25, 0.3) is 0 Å². The molecule has 0 spiro atoms. The van der Waals surface area contributed by atoms with Crippen LogP contribution < -0.4 is 118 Å². The SMILES string of the molecule is CC(C)(C)OC(=O)N1CCN(CCOc2ccc(Br)c(Cl)c2)CC1.O=C([O-])[O-].[K+].[K+]. The molecule has 0 unspecified atom stereocenters. The Morgan fingerprint density at radius 1 is 1.13 bits per heavy atom. The number of ether oxygens (including phenoxy) is 2. The Morgan fingerprint density at radius 3 is 2.13 bits per heavy atom. The number of nitrogens with zero attached hydrogens (tertiary/aromatic N) is 2. The molecule has 0 radical (unpaired) electrons. The summed E-state index contributed by atoms with van der Waals surface area (Å²) >= 11 is 9.40. The van der Waals surface area contributed by atoms with E-state index < -0.39 is 11.8 Å². The largest absolute Gasteiger partial charge is 1.00 e. The van der Waals surface area contributed by atoms with Gasteiger partial charge in [0.2, 0.25) is 0 Å². The second-order valence-electron chi connectivity index (χ2n) is 6.98. The molecule has 12 heteroatoms. The summed E-state index contributed by atoms with van der Waals surface area (Å²) in [5.41, 5.74) is -0.450. The van der Waals surface area contributed by atoms with Crippen LogP contribution >= 0.6 is 27.5 Å². The summed E-state index contributed by atoms with van der Waals surface area (Å²) in [5, 5.41) is 17.3. The number of carbonyl (C=O) groups excluding carboxylic acids is 2. The Morgan fingerprint density at radius 2 is 1.67 bits per heavy atom. The molecule has 1 aromatic rings. The molecule has 0 atom stereocenters. The van der Waals surface area contributed by atoms with Crippen molar-refractivity contribution in [2.75, 3.05) is 39.3 Å². The summed E-state index contributed by atoms with van der Waals surface area (Å²) in [6.07, 6.45) is -2.57. The van der Waals surface area contributed by atoms with E-state index in [0.29, 0.717) is 24.7 Å². The third-order valence-electron chi connectivity index (χ3n) is 3.59. The summed E-state index contributed by atoms with van der Waals surface area (Å²) in [6, 6.07) is 5.56. The molecule has 1 saturated heterocycles. The van der Waals surface area contributed by atoms with Crippen molar-refractivity contribution < 1.29 is 132 Å². The molecule has 1 fully saturated rings. The van der Waals surface area contributed by atoms with Gasteiger partial charge in [-0.15, -0.1) is 0 Å². The van der Waals surface area contributed by atoms with Gasteiger partial charge in [0.25, 0.3) is 0 Å². The molecule has 1 aliphatic heterocycles. The van der Waals surface area contributed by atoms with E-state index in [9.17, 15) is 4.79 Å². The van der Waals surface area contributed by atoms with E-state index in [1.807, 2.05) is 32.9 Å². The quantitative estimate of drug-likeness (QED) is 0.344. The van der Waals surface area contributed by atoms with Crippen LogP contribution in [0.4, 0.5) is 9.59 Å². The average Bonchev–Trinajstić information content (AvgIpc) is 2.56. The number of carboxylic acid groups (broad SMARTS) is 2. The Hall–Kier alpha value is 1.56. The first-order valence-corrected chi connectivity index (χ1v) is 9.81. The Labute approximate surface area is 275 Å². The zero-order chi connectivity index (χ0) is 21.3. The molecule has 1 heterocycles. The maximum atomic E-state index is 12.0. The van der Waals surface area contributed by atoms with Gasteiger partial charge in [0, 0.05) is 37.2 Å². The number of halogens is 2. The van der Waals surface area contributed by atoms with Crippen molar-refractivity contribution in [1.82, 2.24) is 9.80 Å². The van der Waals surface area contributed by atoms with E-state index in [1.54, 1.807) is 11.0 Å². The second-order valence-corrected chi connectivity index (χ2v) is 8.24. The van der Waals surface area contributed by atoms with Crippen LogP contribution in [0, 0.1) is 0 Å². The fourth-order valence-electron chi connectivity index (χ4n) is 2.34. The molecular weight excluding hydrogens is 534 g/mol. The van der Waals surface area contributed by atoms with Gasteiger partial charge >= 0.3 is 109 Å². The van der Waals surface area contributed by atoms with Crippen molar-refractivity contribution in [3.05, 3.63) is 27.7 Å². The number of carbonyl (C=O) groups is 2. The molecule has 0 bridgehead atoms. The molecule has 30 heavy (non-hydrogen) atoms. The number of rotatable bonds is 4. The molecule has 0 saturated carbocycles. The van der Waals surface area contributed by atoms with Crippen molar-refractivity contribution in [3.8, 4) is 5.75 Å². The molecule has 158 valence electrons. The maximum Gasteiger partial charge on any atom is 1.00 e. The van der Waals surface area contributed by atoms with Crippen LogP contribution in [0.15, 0.2) is 22.7 Å². The summed E-state index contributed by atoms with van der Waals surface area (Å²) < 4.78 is 12.0. The molecule has 0 aromatic heterocycles. The second kappa shape index (κ2) is 17.1. The van der Waals surface area contributed by atoms with Crippen LogP contribution in [0.1, 0.15) is 20.8 Å². The van der Waals surface area contributed by atoms with Gasteiger partial charge in [0.1, 0.15) is 18.0 Å². The van der Waals surface area contributed by atoms with Crippen molar-refractivity contribution in [1.29, 1.82) is 0 Å². The van der Waals surface area contributed by atoms with E-state index in [4.69, 9.17) is 36.1 Å². The zero-order valence-corrected chi connectivity index (χ0v) is 26.7. The minimum absolute atomic E-state index is 0. The van der Waals surface area contributed by atoms with E-state index >= 15 is 0 Å². The van der Waals surface area contributed by atoms with Gasteiger partial charge in [-0.25, -0.2) is 4.79 Å². The van der Waals surface area contributed by atoms with E-state index in [-0.39, 0.29) is 109 Å². The van der Waals surface area contributed by atoms with Crippen LogP contribution in [-0.2, 0) is 4.74 Å². The fourth-order valence-corrected chi connectivity index (χ4v) is 2.76. The van der Waals surface area contributed by atoms with Crippen LogP contribution in [-0.4, -0.2) is 67.0 Å². The number of hydrogen-bond acceptors (Lipinski definition) is 7. The van der Waals surface area contributed by atoms with Crippen molar-refractivity contribution in [3.63, 3.8) is 0 Å². The molecule has 1 amide bonds. The first-order valence-electron chi connectivity index (χ1n) is 8.64. The minimum atomic E-state index is -2.33. The van der Waals surface area contributed by atoms with Gasteiger partial charge in [-0.3, -0.25) is 4.90 Å². The summed E-state index contributed by atoms with van der Waals surface area (Å²) in [7, 11) is 0. The molecule has 0 aliphatic carbocycles. The standard InChI is InChI=1S/C17H24BrClN2O3.CH2O3.2K/c1-17(2,3)24-16(22)21-8-6-20(7-9-21)10-11-23-13-4-5-14(18)15(19)12-13;2-1(3)4;;/h4-5,12H,6-11H2,1-3H3;(H2,2,3,4);;/q;;2*+1/p-2. The summed E-state index contributed by atoms with van der Waals surface area (Å²) in [4.78, 5) is 24.4. The predicted octanol–water partition coefficient (Wildman–Crippen LogP) is -4.40. The van der Waals surface area contributed by atoms with Crippen LogP contribution in [0.3, 0.4) is 0 Å². The Kier molecular flexibility index (Phi) is 19.2. The molecule has 1 aliphatic rings. The van der Waals surface area contributed by atoms with Gasteiger partial charge in [-0.05, 0) is 61.1 Å². The molecule has 1 aromatic carbocycles.